The zero-order valence-electron chi connectivity index (χ0n) is 13.1. The number of carbonyl (C=O) groups is 2. The number of amides is 1. The van der Waals surface area contributed by atoms with E-state index in [2.05, 4.69) is 4.72 Å². The van der Waals surface area contributed by atoms with Gasteiger partial charge in [0.2, 0.25) is 15.9 Å². The molecular weight excluding hydrogens is 320 g/mol. The van der Waals surface area contributed by atoms with Gasteiger partial charge in [0.25, 0.3) is 0 Å². The monoisotopic (exact) mass is 340 g/mol. The maximum Gasteiger partial charge on any atom is 0.321 e. The minimum absolute atomic E-state index is 0.00241. The minimum atomic E-state index is -3.89. The molecule has 2 N–H and O–H groups in total. The fourth-order valence-electron chi connectivity index (χ4n) is 2.53. The molecule has 8 heteroatoms. The third-order valence-electron chi connectivity index (χ3n) is 3.94. The van der Waals surface area contributed by atoms with Crippen molar-refractivity contribution in [1.29, 1.82) is 0 Å². The van der Waals surface area contributed by atoms with E-state index in [1.165, 1.54) is 19.9 Å². The van der Waals surface area contributed by atoms with E-state index in [1.807, 2.05) is 0 Å². The van der Waals surface area contributed by atoms with E-state index in [-0.39, 0.29) is 10.8 Å². The molecule has 0 spiro atoms. The van der Waals surface area contributed by atoms with Gasteiger partial charge in [-0.1, -0.05) is 6.07 Å². The second kappa shape index (κ2) is 6.67. The van der Waals surface area contributed by atoms with Gasteiger partial charge in [0, 0.05) is 20.0 Å². The molecule has 0 aromatic heterocycles. The number of carboxylic acid groups (broad SMARTS) is 1. The third kappa shape index (κ3) is 4.08. The van der Waals surface area contributed by atoms with Crippen LogP contribution in [0.3, 0.4) is 0 Å². The first kappa shape index (κ1) is 17.4. The summed E-state index contributed by atoms with van der Waals surface area (Å²) in [7, 11) is -3.89. The second-order valence-electron chi connectivity index (χ2n) is 5.62. The Bertz CT molecular complexity index is 729. The summed E-state index contributed by atoms with van der Waals surface area (Å²) < 4.78 is 26.6. The largest absolute Gasteiger partial charge is 0.480 e. The number of aliphatic carboxylic acids is 1. The van der Waals surface area contributed by atoms with Crippen molar-refractivity contribution in [1.82, 2.24) is 9.62 Å². The Morgan fingerprint density at radius 3 is 2.39 bits per heavy atom. The van der Waals surface area contributed by atoms with E-state index < -0.39 is 22.0 Å². The van der Waals surface area contributed by atoms with Crippen LogP contribution in [0.4, 0.5) is 0 Å². The van der Waals surface area contributed by atoms with Crippen LogP contribution < -0.4 is 4.72 Å². The summed E-state index contributed by atoms with van der Waals surface area (Å²) in [6, 6.07) is 3.57. The molecule has 0 radical (unpaired) electrons. The van der Waals surface area contributed by atoms with Gasteiger partial charge < -0.3 is 10.0 Å². The molecule has 0 saturated carbocycles. The van der Waals surface area contributed by atoms with Gasteiger partial charge in [-0.2, -0.15) is 4.72 Å². The Hall–Kier alpha value is -1.93. The van der Waals surface area contributed by atoms with E-state index in [0.29, 0.717) is 25.9 Å². The summed E-state index contributed by atoms with van der Waals surface area (Å²) in [5, 5.41) is 8.84. The summed E-state index contributed by atoms with van der Waals surface area (Å²) in [4.78, 5) is 24.1. The number of nitrogens with zero attached hydrogens (tertiary/aromatic N) is 1. The molecule has 23 heavy (non-hydrogen) atoms. The molecule has 1 amide bonds. The van der Waals surface area contributed by atoms with Gasteiger partial charge in [-0.15, -0.1) is 0 Å². The summed E-state index contributed by atoms with van der Waals surface area (Å²) in [6.07, 6.45) is 1.25. The SMILES string of the molecule is CC(=O)N1CCc2ccc(S(=O)(=O)N[C@H](C)C(=O)O)cc2CC1. The molecule has 1 aliphatic heterocycles. The number of rotatable bonds is 4. The van der Waals surface area contributed by atoms with Crippen molar-refractivity contribution in [2.45, 2.75) is 37.6 Å². The van der Waals surface area contributed by atoms with Gasteiger partial charge >= 0.3 is 5.97 Å². The first-order chi connectivity index (χ1) is 10.7. The molecule has 1 aromatic carbocycles. The standard InChI is InChI=1S/C15H20N2O5S/c1-10(15(19)20)16-23(21,22)14-4-3-12-5-7-17(11(2)18)8-6-13(12)9-14/h3-4,9-10,16H,5-8H2,1-2H3,(H,19,20)/t10-/m1/s1. The molecule has 0 unspecified atom stereocenters. The van der Waals surface area contributed by atoms with Crippen molar-refractivity contribution in [3.63, 3.8) is 0 Å². The van der Waals surface area contributed by atoms with Gasteiger partial charge in [-0.3, -0.25) is 9.59 Å². The van der Waals surface area contributed by atoms with E-state index in [1.54, 1.807) is 17.0 Å². The molecule has 2 rings (SSSR count). The van der Waals surface area contributed by atoms with E-state index in [4.69, 9.17) is 5.11 Å². The van der Waals surface area contributed by atoms with E-state index in [0.717, 1.165) is 11.1 Å². The smallest absolute Gasteiger partial charge is 0.321 e. The predicted octanol–water partition coefficient (Wildman–Crippen LogP) is 0.385. The number of benzene rings is 1. The zero-order valence-corrected chi connectivity index (χ0v) is 13.9. The number of carboxylic acids is 1. The van der Waals surface area contributed by atoms with Crippen molar-refractivity contribution in [2.24, 2.45) is 0 Å². The van der Waals surface area contributed by atoms with Gasteiger partial charge in [0.15, 0.2) is 0 Å². The molecule has 7 nitrogen and oxygen atoms in total. The molecule has 1 atom stereocenters. The topological polar surface area (TPSA) is 104 Å². The lowest BCUT2D eigenvalue weighted by atomic mass is 10.0. The summed E-state index contributed by atoms with van der Waals surface area (Å²) >= 11 is 0. The lowest BCUT2D eigenvalue weighted by Gasteiger charge is -2.17. The van der Waals surface area contributed by atoms with Crippen molar-refractivity contribution in [3.8, 4) is 0 Å². The lowest BCUT2D eigenvalue weighted by molar-refractivity contribution is -0.138. The van der Waals surface area contributed by atoms with Crippen LogP contribution >= 0.6 is 0 Å². The Morgan fingerprint density at radius 1 is 1.22 bits per heavy atom. The van der Waals surface area contributed by atoms with Crippen LogP contribution in [0.25, 0.3) is 0 Å². The highest BCUT2D eigenvalue weighted by Crippen LogP contribution is 2.20. The number of carbonyl (C=O) groups excluding carboxylic acids is 1. The van der Waals surface area contributed by atoms with Crippen LogP contribution in [0.2, 0.25) is 0 Å². The lowest BCUT2D eigenvalue weighted by Crippen LogP contribution is -2.38. The highest BCUT2D eigenvalue weighted by Gasteiger charge is 2.23. The van der Waals surface area contributed by atoms with Crippen LogP contribution in [0.5, 0.6) is 0 Å². The third-order valence-corrected chi connectivity index (χ3v) is 5.48. The maximum atomic E-state index is 12.3. The van der Waals surface area contributed by atoms with Crippen LogP contribution in [-0.2, 0) is 32.5 Å². The number of sulfonamides is 1. The molecule has 126 valence electrons. The van der Waals surface area contributed by atoms with Crippen molar-refractivity contribution < 1.29 is 23.1 Å². The molecule has 0 fully saturated rings. The average molecular weight is 340 g/mol. The Labute approximate surface area is 135 Å². The van der Waals surface area contributed by atoms with Crippen LogP contribution in [0, 0.1) is 0 Å². The maximum absolute atomic E-state index is 12.3. The highest BCUT2D eigenvalue weighted by atomic mass is 32.2. The summed E-state index contributed by atoms with van der Waals surface area (Å²) in [6.45, 7) is 3.95. The molecule has 1 aliphatic rings. The van der Waals surface area contributed by atoms with Gasteiger partial charge in [0.1, 0.15) is 6.04 Å². The van der Waals surface area contributed by atoms with Crippen molar-refractivity contribution in [3.05, 3.63) is 29.3 Å². The molecule has 1 heterocycles. The minimum Gasteiger partial charge on any atom is -0.480 e. The Kier molecular flexibility index (Phi) is 5.06. The Morgan fingerprint density at radius 2 is 1.83 bits per heavy atom. The highest BCUT2D eigenvalue weighted by molar-refractivity contribution is 7.89. The van der Waals surface area contributed by atoms with Crippen molar-refractivity contribution >= 4 is 21.9 Å². The van der Waals surface area contributed by atoms with Gasteiger partial charge in [-0.05, 0) is 43.0 Å². The first-order valence-corrected chi connectivity index (χ1v) is 8.81. The van der Waals surface area contributed by atoms with Crippen LogP contribution in [-0.4, -0.2) is 49.4 Å². The average Bonchev–Trinajstić information content (AvgIpc) is 2.68. The predicted molar refractivity (Wildman–Crippen MR) is 83.5 cm³/mol. The molecule has 0 saturated heterocycles. The molecule has 0 bridgehead atoms. The first-order valence-electron chi connectivity index (χ1n) is 7.33. The van der Waals surface area contributed by atoms with Crippen LogP contribution in [0.15, 0.2) is 23.1 Å². The fourth-order valence-corrected chi connectivity index (χ4v) is 3.78. The van der Waals surface area contributed by atoms with Crippen molar-refractivity contribution in [2.75, 3.05) is 13.1 Å². The molecule has 0 aliphatic carbocycles. The van der Waals surface area contributed by atoms with E-state index >= 15 is 0 Å². The number of hydrogen-bond donors (Lipinski definition) is 2. The van der Waals surface area contributed by atoms with Gasteiger partial charge in [-0.25, -0.2) is 8.42 Å². The van der Waals surface area contributed by atoms with Crippen LogP contribution in [0.1, 0.15) is 25.0 Å². The van der Waals surface area contributed by atoms with E-state index in [9.17, 15) is 18.0 Å². The number of hydrogen-bond acceptors (Lipinski definition) is 4. The quantitative estimate of drug-likeness (QED) is 0.825. The summed E-state index contributed by atoms with van der Waals surface area (Å²) in [5.74, 6) is -1.23. The van der Waals surface area contributed by atoms with Gasteiger partial charge in [0.05, 0.1) is 4.90 Å². The second-order valence-corrected chi connectivity index (χ2v) is 7.33. The molecular formula is C15H20N2O5S. The number of nitrogens with one attached hydrogen (secondary N) is 1. The fraction of sp³-hybridized carbons (Fsp3) is 0.467. The number of fused-ring (bicyclic) bond motifs is 1. The summed E-state index contributed by atoms with van der Waals surface area (Å²) in [5.41, 5.74) is 1.89. The zero-order chi connectivity index (χ0) is 17.2. The normalized spacial score (nSPS) is 16.3. The Balaban J connectivity index is 2.25. The molecule has 1 aromatic rings.